The topological polar surface area (TPSA) is 73.8 Å². The summed E-state index contributed by atoms with van der Waals surface area (Å²) in [5, 5.41) is 0. The van der Waals surface area contributed by atoms with Gasteiger partial charge in [-0.3, -0.25) is 0 Å². The molecule has 0 saturated carbocycles. The molecule has 0 saturated heterocycles. The highest BCUT2D eigenvalue weighted by Gasteiger charge is 2.27. The van der Waals surface area contributed by atoms with Gasteiger partial charge in [-0.1, -0.05) is 76.7 Å². The van der Waals surface area contributed by atoms with Crippen LogP contribution in [0.4, 0.5) is 0 Å². The fourth-order valence-corrected chi connectivity index (χ4v) is 11.5. The van der Waals surface area contributed by atoms with Gasteiger partial charge in [-0.05, 0) is 62.1 Å². The third-order valence-electron chi connectivity index (χ3n) is 10.0. The van der Waals surface area contributed by atoms with Gasteiger partial charge in [-0.2, -0.15) is 0 Å². The molecule has 8 nitrogen and oxygen atoms in total. The van der Waals surface area contributed by atoms with E-state index in [1.54, 1.807) is 45.3 Å². The van der Waals surface area contributed by atoms with E-state index in [1.807, 2.05) is 24.3 Å². The maximum absolute atomic E-state index is 6.13. The average molecular weight is 861 g/mol. The zero-order valence-electron chi connectivity index (χ0n) is 33.4. The molecule has 0 amide bonds. The molecule has 0 unspecified atom stereocenters. The second kappa shape index (κ2) is 20.2. The van der Waals surface area contributed by atoms with E-state index in [0.717, 1.165) is 88.1 Å². The van der Waals surface area contributed by atoms with Gasteiger partial charge in [0.05, 0.1) is 39.0 Å². The first-order chi connectivity index (χ1) is 28.7. The van der Waals surface area contributed by atoms with Crippen LogP contribution >= 0.6 is 45.3 Å². The molecule has 0 bridgehead atoms. The van der Waals surface area contributed by atoms with Crippen LogP contribution in [0.5, 0.6) is 46.0 Å². The summed E-state index contributed by atoms with van der Waals surface area (Å²) in [6.45, 7) is 8.95. The number of hydrogen-bond donors (Lipinski definition) is 0. The Labute approximate surface area is 358 Å². The normalized spacial score (nSPS) is 16.0. The number of unbranched alkanes of at least 4 members (excludes halogenated alkanes) is 6. The summed E-state index contributed by atoms with van der Waals surface area (Å²) in [6.07, 6.45) is 32.7. The van der Waals surface area contributed by atoms with Gasteiger partial charge in [0.25, 0.3) is 0 Å². The second-order valence-electron chi connectivity index (χ2n) is 14.3. The van der Waals surface area contributed by atoms with Crippen molar-refractivity contribution in [1.29, 1.82) is 0 Å². The van der Waals surface area contributed by atoms with Crippen LogP contribution < -0.4 is 37.9 Å². The average Bonchev–Trinajstić information content (AvgIpc) is 4.02. The summed E-state index contributed by atoms with van der Waals surface area (Å²) < 4.78 is 48.9. The molecule has 0 radical (unpaired) electrons. The minimum Gasteiger partial charge on any atom is -0.485 e. The van der Waals surface area contributed by atoms with E-state index in [4.69, 9.17) is 37.9 Å². The van der Waals surface area contributed by atoms with E-state index in [2.05, 4.69) is 50.3 Å². The Kier molecular flexibility index (Phi) is 14.2. The predicted molar refractivity (Wildman–Crippen MR) is 242 cm³/mol. The Morgan fingerprint density at radius 2 is 0.621 bits per heavy atom. The second-order valence-corrected chi connectivity index (χ2v) is 18.7. The molecule has 0 spiro atoms. The number of rotatable bonds is 18. The van der Waals surface area contributed by atoms with Crippen LogP contribution in [-0.2, 0) is 12.8 Å². The summed E-state index contributed by atoms with van der Waals surface area (Å²) in [5.74, 6) is 6.81. The van der Waals surface area contributed by atoms with E-state index in [-0.39, 0.29) is 0 Å². The molecule has 8 rings (SSSR count). The molecule has 0 N–H and O–H groups in total. The highest BCUT2D eigenvalue weighted by atomic mass is 32.1. The van der Waals surface area contributed by atoms with E-state index < -0.39 is 0 Å². The SMILES string of the molecule is CCCCCCc1sc(/C=C/c2sc(/C=C/C=C/C=C/c3sc(/C=C/c4sc(CCCCCC)c5c4OCCO5)c4c3OCCO4)c3c2OCCO3)c2c1OCCO2. The quantitative estimate of drug-likeness (QED) is 0.0723. The standard InChI is InChI=1S/C46H52O8S4/c1-3-5-7-11-15-31-39-43(51-27-23-47-39)35(55-31)19-21-37-45-41(49-25-29-53-45)33(57-37)17-13-9-10-14-18-34-42-46(54-30-26-50-42)38(58-34)22-20-36-44-40(48-24-28-52-44)32(56-36)16-12-8-6-4-2/h9-10,13-14,17-22H,3-8,11-12,15-16,23-30H2,1-2H3/b10-9+,17-13+,18-14+,21-19+,22-20+. The molecular formula is C46H52O8S4. The first kappa shape index (κ1) is 40.7. The molecule has 12 heteroatoms. The van der Waals surface area contributed by atoms with Crippen LogP contribution in [-0.4, -0.2) is 52.9 Å². The minimum atomic E-state index is 0.531. The molecule has 4 aromatic heterocycles. The van der Waals surface area contributed by atoms with Crippen molar-refractivity contribution in [1.82, 2.24) is 0 Å². The van der Waals surface area contributed by atoms with E-state index in [1.165, 1.54) is 61.1 Å². The van der Waals surface area contributed by atoms with Crippen molar-refractivity contribution in [2.45, 2.75) is 78.1 Å². The van der Waals surface area contributed by atoms with Crippen LogP contribution in [0.2, 0.25) is 0 Å². The van der Waals surface area contributed by atoms with Gasteiger partial charge >= 0.3 is 0 Å². The van der Waals surface area contributed by atoms with Gasteiger partial charge in [0.1, 0.15) is 52.9 Å². The highest BCUT2D eigenvalue weighted by Crippen LogP contribution is 2.50. The zero-order valence-corrected chi connectivity index (χ0v) is 36.7. The lowest BCUT2D eigenvalue weighted by Crippen LogP contribution is -2.15. The fraction of sp³-hybridized carbons (Fsp3) is 0.435. The lowest BCUT2D eigenvalue weighted by Gasteiger charge is -2.17. The Bertz CT molecular complexity index is 2010. The van der Waals surface area contributed by atoms with Crippen molar-refractivity contribution >= 4 is 81.8 Å². The van der Waals surface area contributed by atoms with Crippen LogP contribution in [0.3, 0.4) is 0 Å². The van der Waals surface area contributed by atoms with Gasteiger partial charge in [-0.25, -0.2) is 0 Å². The van der Waals surface area contributed by atoms with Crippen LogP contribution in [0.1, 0.15) is 104 Å². The van der Waals surface area contributed by atoms with Crippen molar-refractivity contribution in [3.8, 4) is 46.0 Å². The van der Waals surface area contributed by atoms with Crippen molar-refractivity contribution in [3.05, 3.63) is 63.3 Å². The molecule has 0 aliphatic carbocycles. The monoisotopic (exact) mass is 860 g/mol. The molecule has 0 fully saturated rings. The van der Waals surface area contributed by atoms with Crippen molar-refractivity contribution < 1.29 is 37.9 Å². The number of thiophene rings is 4. The minimum absolute atomic E-state index is 0.531. The maximum atomic E-state index is 6.13. The first-order valence-electron chi connectivity index (χ1n) is 20.8. The summed E-state index contributed by atoms with van der Waals surface area (Å²) in [5.41, 5.74) is 0. The molecule has 308 valence electrons. The molecule has 4 aromatic rings. The predicted octanol–water partition coefficient (Wildman–Crippen LogP) is 12.9. The molecule has 0 atom stereocenters. The summed E-state index contributed by atoms with van der Waals surface area (Å²) in [6, 6.07) is 0. The first-order valence-corrected chi connectivity index (χ1v) is 24.0. The number of aryl methyl sites for hydroxylation is 2. The molecule has 58 heavy (non-hydrogen) atoms. The smallest absolute Gasteiger partial charge is 0.180 e. The lowest BCUT2D eigenvalue weighted by atomic mass is 10.1. The number of fused-ring (bicyclic) bond motifs is 4. The highest BCUT2D eigenvalue weighted by molar-refractivity contribution is 7.15. The lowest BCUT2D eigenvalue weighted by molar-refractivity contribution is 0.171. The van der Waals surface area contributed by atoms with E-state index in [9.17, 15) is 0 Å². The van der Waals surface area contributed by atoms with Crippen LogP contribution in [0.15, 0.2) is 24.3 Å². The summed E-state index contributed by atoms with van der Waals surface area (Å²) >= 11 is 6.87. The Balaban J connectivity index is 0.944. The molecule has 4 aliphatic rings. The van der Waals surface area contributed by atoms with Crippen molar-refractivity contribution in [3.63, 3.8) is 0 Å². The van der Waals surface area contributed by atoms with E-state index in [0.29, 0.717) is 52.9 Å². The number of ether oxygens (including phenoxy) is 8. The largest absolute Gasteiger partial charge is 0.485 e. The Morgan fingerprint density at radius 3 is 0.966 bits per heavy atom. The Morgan fingerprint density at radius 1 is 0.328 bits per heavy atom. The van der Waals surface area contributed by atoms with E-state index >= 15 is 0 Å². The van der Waals surface area contributed by atoms with Gasteiger partial charge in [0.15, 0.2) is 46.0 Å². The fourth-order valence-electron chi connectivity index (χ4n) is 7.19. The summed E-state index contributed by atoms with van der Waals surface area (Å²) in [4.78, 5) is 8.83. The van der Waals surface area contributed by atoms with Crippen molar-refractivity contribution in [2.24, 2.45) is 0 Å². The van der Waals surface area contributed by atoms with Gasteiger partial charge in [0, 0.05) is 0 Å². The maximum Gasteiger partial charge on any atom is 0.180 e. The summed E-state index contributed by atoms with van der Waals surface area (Å²) in [7, 11) is 0. The number of hydrogen-bond acceptors (Lipinski definition) is 12. The van der Waals surface area contributed by atoms with Crippen LogP contribution in [0.25, 0.3) is 36.5 Å². The molecule has 4 aliphatic heterocycles. The van der Waals surface area contributed by atoms with Gasteiger partial charge < -0.3 is 37.9 Å². The van der Waals surface area contributed by atoms with Gasteiger partial charge in [0.2, 0.25) is 0 Å². The zero-order chi connectivity index (χ0) is 39.5. The third kappa shape index (κ3) is 9.51. The number of allylic oxidation sites excluding steroid dienone is 4. The third-order valence-corrected chi connectivity index (χ3v) is 14.5. The van der Waals surface area contributed by atoms with Crippen molar-refractivity contribution in [2.75, 3.05) is 52.9 Å². The van der Waals surface area contributed by atoms with Gasteiger partial charge in [-0.15, -0.1) is 45.3 Å². The molecule has 8 heterocycles. The Hall–Kier alpha value is -4.10. The molecule has 0 aromatic carbocycles. The molecular weight excluding hydrogens is 809 g/mol. The van der Waals surface area contributed by atoms with Crippen LogP contribution in [0, 0.1) is 0 Å².